The van der Waals surface area contributed by atoms with E-state index in [0.29, 0.717) is 70.9 Å². The first-order valence-electron chi connectivity index (χ1n) is 22.5. The molecule has 346 valence electrons. The molecule has 4 N–H and O–H groups in total. The molecule has 4 heterocycles. The van der Waals surface area contributed by atoms with E-state index in [2.05, 4.69) is 20.6 Å². The zero-order chi connectivity index (χ0) is 46.6. The first kappa shape index (κ1) is 47.8. The Morgan fingerprint density at radius 2 is 1.22 bits per heavy atom. The minimum absolute atomic E-state index is 0.0353. The number of esters is 2. The van der Waals surface area contributed by atoms with Gasteiger partial charge in [0.1, 0.15) is 35.7 Å². The number of Topliss-reactive ketones (excluding diaryl/α,β-unsaturated/α-hetero) is 1. The second kappa shape index (κ2) is 20.5. The number of ketones is 1. The summed E-state index contributed by atoms with van der Waals surface area (Å²) in [5.41, 5.74) is 3.49. The van der Waals surface area contributed by atoms with E-state index in [4.69, 9.17) is 9.47 Å². The van der Waals surface area contributed by atoms with Crippen molar-refractivity contribution in [1.82, 2.24) is 30.4 Å². The largest absolute Gasteiger partial charge is 0.461 e. The Labute approximate surface area is 372 Å². The summed E-state index contributed by atoms with van der Waals surface area (Å²) in [6, 6.07) is 6.51. The average molecular weight is 889 g/mol. The highest BCUT2D eigenvalue weighted by Crippen LogP contribution is 2.40. The van der Waals surface area contributed by atoms with Gasteiger partial charge in [-0.25, -0.2) is 8.78 Å². The molecule has 2 aliphatic heterocycles. The van der Waals surface area contributed by atoms with Gasteiger partial charge in [-0.15, -0.1) is 0 Å². The number of H-pyrrole nitrogens is 2. The van der Waals surface area contributed by atoms with Gasteiger partial charge in [0.25, 0.3) is 0 Å². The summed E-state index contributed by atoms with van der Waals surface area (Å²) in [4.78, 5) is 89.6. The quantitative estimate of drug-likeness (QED) is 0.0836. The van der Waals surface area contributed by atoms with Crippen molar-refractivity contribution in [3.63, 3.8) is 0 Å². The van der Waals surface area contributed by atoms with Crippen molar-refractivity contribution in [2.24, 2.45) is 11.8 Å². The van der Waals surface area contributed by atoms with Crippen LogP contribution in [0.5, 0.6) is 0 Å². The number of hydrogen-bond acceptors (Lipinski definition) is 9. The monoisotopic (exact) mass is 888 g/mol. The summed E-state index contributed by atoms with van der Waals surface area (Å²) in [6.45, 7) is 12.0. The number of halogens is 2. The second-order valence-electron chi connectivity index (χ2n) is 17.5. The normalized spacial score (nSPS) is 20.6. The zero-order valence-corrected chi connectivity index (χ0v) is 38.1. The number of likely N-dealkylation sites (N-methyl/N-ethyl adjacent to an activating group) is 1. The van der Waals surface area contributed by atoms with Crippen LogP contribution in [0.15, 0.2) is 36.4 Å². The molecule has 6 rings (SSSR count). The van der Waals surface area contributed by atoms with Crippen LogP contribution in [0, 0.1) is 23.5 Å². The second-order valence-corrected chi connectivity index (χ2v) is 17.5. The van der Waals surface area contributed by atoms with E-state index in [1.54, 1.807) is 42.8 Å². The Morgan fingerprint density at radius 1 is 0.734 bits per heavy atom. The highest BCUT2D eigenvalue weighted by molar-refractivity contribution is 5.97. The molecule has 0 radical (unpaired) electrons. The molecule has 0 aliphatic carbocycles. The number of aromatic nitrogens is 2. The van der Waals surface area contributed by atoms with Crippen molar-refractivity contribution in [3.05, 3.63) is 59.2 Å². The molecule has 16 heteroatoms. The predicted molar refractivity (Wildman–Crippen MR) is 238 cm³/mol. The number of amides is 3. The molecule has 64 heavy (non-hydrogen) atoms. The van der Waals surface area contributed by atoms with Gasteiger partial charge in [-0.05, 0) is 93.6 Å². The molecule has 14 nitrogen and oxygen atoms in total. The third kappa shape index (κ3) is 10.5. The summed E-state index contributed by atoms with van der Waals surface area (Å²) in [7, 11) is 1.69. The molecule has 0 bridgehead atoms. The van der Waals surface area contributed by atoms with Crippen LogP contribution in [-0.4, -0.2) is 112 Å². The lowest BCUT2D eigenvalue weighted by molar-refractivity contribution is -0.147. The Bertz CT molecular complexity index is 2230. The van der Waals surface area contributed by atoms with Gasteiger partial charge >= 0.3 is 11.9 Å². The molecule has 2 aromatic heterocycles. The number of aromatic amines is 2. The van der Waals surface area contributed by atoms with Gasteiger partial charge in [-0.3, -0.25) is 28.8 Å². The molecule has 0 unspecified atom stereocenters. The lowest BCUT2D eigenvalue weighted by Gasteiger charge is -2.29. The fourth-order valence-electron chi connectivity index (χ4n) is 9.35. The topological polar surface area (TPSA) is 183 Å². The summed E-state index contributed by atoms with van der Waals surface area (Å²) in [6.07, 6.45) is 1.22. The van der Waals surface area contributed by atoms with Crippen LogP contribution in [0.25, 0.3) is 33.2 Å². The molecule has 8 atom stereocenters. The molecule has 4 aromatic rings. The molecular weight excluding hydrogens is 827 g/mol. The van der Waals surface area contributed by atoms with Gasteiger partial charge in [0, 0.05) is 78.8 Å². The predicted octanol–water partition coefficient (Wildman–Crippen LogP) is 6.28. The fourth-order valence-corrected chi connectivity index (χ4v) is 9.35. The highest BCUT2D eigenvalue weighted by Gasteiger charge is 2.43. The van der Waals surface area contributed by atoms with E-state index in [9.17, 15) is 37.5 Å². The third-order valence-corrected chi connectivity index (χ3v) is 13.1. The molecule has 2 aromatic carbocycles. The highest BCUT2D eigenvalue weighted by atomic mass is 19.1. The first-order chi connectivity index (χ1) is 30.5. The summed E-state index contributed by atoms with van der Waals surface area (Å²) in [5.74, 6) is -3.72. The van der Waals surface area contributed by atoms with Crippen LogP contribution in [0.4, 0.5) is 8.78 Å². The zero-order valence-electron chi connectivity index (χ0n) is 38.1. The summed E-state index contributed by atoms with van der Waals surface area (Å²) in [5, 5.41) is 7.22. The molecule has 2 fully saturated rings. The molecule has 0 spiro atoms. The van der Waals surface area contributed by atoms with Gasteiger partial charge in [-0.1, -0.05) is 27.7 Å². The van der Waals surface area contributed by atoms with Crippen LogP contribution < -0.4 is 10.6 Å². The molecule has 0 saturated carbocycles. The molecule has 2 saturated heterocycles. The number of rotatable bonds is 18. The van der Waals surface area contributed by atoms with Crippen molar-refractivity contribution < 1.29 is 47.0 Å². The smallest absolute Gasteiger partial charge is 0.302 e. The molecule has 3 amide bonds. The minimum Gasteiger partial charge on any atom is -0.461 e. The first-order valence-corrected chi connectivity index (χ1v) is 22.5. The minimum atomic E-state index is -0.822. The number of benzene rings is 2. The van der Waals surface area contributed by atoms with Gasteiger partial charge in [-0.2, -0.15) is 0 Å². The Balaban J connectivity index is 1.44. The van der Waals surface area contributed by atoms with Crippen LogP contribution >= 0.6 is 0 Å². The van der Waals surface area contributed by atoms with Gasteiger partial charge in [0.2, 0.25) is 17.7 Å². The number of ether oxygens (including phenoxy) is 2. The van der Waals surface area contributed by atoms with Gasteiger partial charge in [0.05, 0.1) is 30.5 Å². The summed E-state index contributed by atoms with van der Waals surface area (Å²) >= 11 is 0. The maximum Gasteiger partial charge on any atom is 0.302 e. The van der Waals surface area contributed by atoms with E-state index >= 15 is 0 Å². The third-order valence-electron chi connectivity index (χ3n) is 13.1. The Kier molecular flexibility index (Phi) is 15.3. The van der Waals surface area contributed by atoms with E-state index in [1.165, 1.54) is 38.1 Å². The average Bonchev–Trinajstić information content (AvgIpc) is 4.03. The van der Waals surface area contributed by atoms with Crippen molar-refractivity contribution in [1.29, 1.82) is 0 Å². The van der Waals surface area contributed by atoms with Crippen molar-refractivity contribution in [2.75, 3.05) is 20.1 Å². The number of fused-ring (bicyclic) bond motifs is 2. The molecule has 2 aliphatic rings. The SMILES string of the molecule is CC[C@H](CC(=O)[C@H](C)NC)C(=O)N1C[C@@H](OC(C)=O)C[C@H]1Cc1c(-c2[nH]c3cc(F)ccc3c2C[C@@H]2C[C@H](OC(C)=O)CN2C(=O)[C@H](CC)NC(=O)[C@H](C)CC)[nH]c2cc(F)ccc12. The number of hydrogen-bond donors (Lipinski definition) is 4. The van der Waals surface area contributed by atoms with Crippen LogP contribution in [0.1, 0.15) is 98.1 Å². The standard InChI is InChI=1S/C48H62F2N6O8/c1-9-25(4)46(60)54-40(11-3)48(62)56-24-35(64-28(7)58)20-33(56)22-39-37-15-13-31(50)18-42(37)53-45(39)44-38(36-14-12-30(49)17-41(36)52-44)21-32-19-34(63-27(6)57)23-55(32)47(61)29(10-2)16-43(59)26(5)51-8/h12-15,17-18,25-26,29,32-35,40,51-53H,9-11,16,19-24H2,1-8H3,(H,54,60)/t25-,26+,29-,32+,33+,34+,35+,40+/m1/s1. The fraction of sp³-hybridized carbons (Fsp3) is 0.542. The number of nitrogens with one attached hydrogen (secondary N) is 4. The van der Waals surface area contributed by atoms with Crippen molar-refractivity contribution in [3.8, 4) is 11.4 Å². The number of carbonyl (C=O) groups excluding carboxylic acids is 6. The number of nitrogens with zero attached hydrogens (tertiary/aromatic N) is 2. The lowest BCUT2D eigenvalue weighted by Crippen LogP contribution is -2.51. The lowest BCUT2D eigenvalue weighted by atomic mass is 9.93. The van der Waals surface area contributed by atoms with E-state index in [1.807, 2.05) is 20.8 Å². The summed E-state index contributed by atoms with van der Waals surface area (Å²) < 4.78 is 41.3. The van der Waals surface area contributed by atoms with E-state index in [-0.39, 0.29) is 61.8 Å². The number of likely N-dealkylation sites (tertiary alicyclic amines) is 2. The van der Waals surface area contributed by atoms with E-state index < -0.39 is 65.9 Å². The number of carbonyl (C=O) groups is 6. The van der Waals surface area contributed by atoms with Crippen LogP contribution in [-0.2, 0) is 51.1 Å². The maximum absolute atomic E-state index is 15.0. The Morgan fingerprint density at radius 3 is 1.64 bits per heavy atom. The van der Waals surface area contributed by atoms with Crippen LogP contribution in [0.2, 0.25) is 0 Å². The van der Waals surface area contributed by atoms with Gasteiger partial charge < -0.3 is 39.9 Å². The molecular formula is C48H62F2N6O8. The van der Waals surface area contributed by atoms with Gasteiger partial charge in [0.15, 0.2) is 0 Å². The van der Waals surface area contributed by atoms with Crippen molar-refractivity contribution in [2.45, 2.75) is 136 Å². The van der Waals surface area contributed by atoms with E-state index in [0.717, 1.165) is 5.56 Å². The maximum atomic E-state index is 15.0. The van der Waals surface area contributed by atoms with Crippen molar-refractivity contribution >= 4 is 57.2 Å². The van der Waals surface area contributed by atoms with Crippen LogP contribution in [0.3, 0.4) is 0 Å². The Hall–Kier alpha value is -5.64.